The summed E-state index contributed by atoms with van der Waals surface area (Å²) in [6.07, 6.45) is 3.36. The predicted octanol–water partition coefficient (Wildman–Crippen LogP) is 4.62. The zero-order chi connectivity index (χ0) is 19.9. The molecule has 0 saturated carbocycles. The first-order valence-corrected chi connectivity index (χ1v) is 8.11. The third kappa shape index (κ3) is 4.27. The number of amides is 1. The lowest BCUT2D eigenvalue weighted by Crippen LogP contribution is -1.95. The van der Waals surface area contributed by atoms with Gasteiger partial charge in [0.1, 0.15) is 0 Å². The molecule has 2 aromatic heterocycles. The van der Waals surface area contributed by atoms with Gasteiger partial charge >= 0.3 is 5.97 Å². The molecule has 0 saturated heterocycles. The zero-order valence-electron chi connectivity index (χ0n) is 14.4. The summed E-state index contributed by atoms with van der Waals surface area (Å²) in [5, 5.41) is 13.4. The largest absolute Gasteiger partial charge is 0.478 e. The number of benzene rings is 2. The molecule has 8 nitrogen and oxygen atoms in total. The van der Waals surface area contributed by atoms with Crippen molar-refractivity contribution in [3.63, 3.8) is 0 Å². The summed E-state index contributed by atoms with van der Waals surface area (Å²) in [7, 11) is 0. The van der Waals surface area contributed by atoms with Crippen molar-refractivity contribution < 1.29 is 14.7 Å². The SMILES string of the molecule is O=C(O)c1ccc2ncccc2c1.[N-]=[N+]=NC(=O)c1ccc2ncccc2c1. The first-order valence-electron chi connectivity index (χ1n) is 8.11. The van der Waals surface area contributed by atoms with Gasteiger partial charge in [-0.1, -0.05) is 12.1 Å². The van der Waals surface area contributed by atoms with Gasteiger partial charge < -0.3 is 5.11 Å². The first-order chi connectivity index (χ1) is 13.6. The number of aromatic carboxylic acids is 1. The van der Waals surface area contributed by atoms with E-state index in [0.29, 0.717) is 11.1 Å². The summed E-state index contributed by atoms with van der Waals surface area (Å²) in [6.45, 7) is 0. The molecule has 4 rings (SSSR count). The van der Waals surface area contributed by atoms with Crippen LogP contribution in [0.4, 0.5) is 0 Å². The fraction of sp³-hybridized carbons (Fsp3) is 0. The van der Waals surface area contributed by atoms with Crippen LogP contribution in [0.15, 0.2) is 78.2 Å². The van der Waals surface area contributed by atoms with Gasteiger partial charge in [-0.3, -0.25) is 14.8 Å². The van der Waals surface area contributed by atoms with E-state index in [-0.39, 0.29) is 0 Å². The average Bonchev–Trinajstić information content (AvgIpc) is 2.73. The lowest BCUT2D eigenvalue weighted by atomic mass is 10.1. The molecule has 1 amide bonds. The van der Waals surface area contributed by atoms with Crippen LogP contribution in [0, 0.1) is 0 Å². The van der Waals surface area contributed by atoms with Gasteiger partial charge in [-0.15, -0.1) is 0 Å². The molecule has 28 heavy (non-hydrogen) atoms. The lowest BCUT2D eigenvalue weighted by molar-refractivity contribution is 0.0697. The molecule has 8 heteroatoms. The van der Waals surface area contributed by atoms with Gasteiger partial charge in [0.05, 0.1) is 16.6 Å². The molecule has 2 heterocycles. The monoisotopic (exact) mass is 371 g/mol. The number of hydrogen-bond acceptors (Lipinski definition) is 4. The normalized spacial score (nSPS) is 9.86. The molecular weight excluding hydrogens is 358 g/mol. The van der Waals surface area contributed by atoms with E-state index in [0.717, 1.165) is 21.8 Å². The van der Waals surface area contributed by atoms with Crippen LogP contribution in [0.3, 0.4) is 0 Å². The first kappa shape index (κ1) is 18.5. The Morgan fingerprint density at radius 1 is 0.857 bits per heavy atom. The summed E-state index contributed by atoms with van der Waals surface area (Å²) >= 11 is 0. The summed E-state index contributed by atoms with van der Waals surface area (Å²) in [5.41, 5.74) is 10.4. The molecule has 0 aliphatic carbocycles. The summed E-state index contributed by atoms with van der Waals surface area (Å²) in [6, 6.07) is 17.1. The zero-order valence-corrected chi connectivity index (χ0v) is 14.4. The van der Waals surface area contributed by atoms with Crippen molar-refractivity contribution in [3.05, 3.63) is 94.6 Å². The predicted molar refractivity (Wildman–Crippen MR) is 104 cm³/mol. The maximum Gasteiger partial charge on any atom is 0.335 e. The number of nitrogens with zero attached hydrogens (tertiary/aromatic N) is 5. The van der Waals surface area contributed by atoms with Gasteiger partial charge in [0.25, 0.3) is 0 Å². The minimum Gasteiger partial charge on any atom is -0.478 e. The van der Waals surface area contributed by atoms with E-state index in [1.165, 1.54) is 0 Å². The Morgan fingerprint density at radius 2 is 1.39 bits per heavy atom. The van der Waals surface area contributed by atoms with Gasteiger partial charge in [0.15, 0.2) is 0 Å². The van der Waals surface area contributed by atoms with Gasteiger partial charge in [0.2, 0.25) is 5.91 Å². The Hall–Kier alpha value is -4.29. The number of rotatable bonds is 2. The average molecular weight is 371 g/mol. The highest BCUT2D eigenvalue weighted by Crippen LogP contribution is 2.14. The third-order valence-corrected chi connectivity index (χ3v) is 3.84. The number of carboxylic acid groups (broad SMARTS) is 1. The van der Waals surface area contributed by atoms with Crippen molar-refractivity contribution in [2.75, 3.05) is 0 Å². The van der Waals surface area contributed by atoms with E-state index in [1.54, 1.807) is 60.9 Å². The number of carbonyl (C=O) groups is 2. The van der Waals surface area contributed by atoms with Crippen molar-refractivity contribution >= 4 is 33.7 Å². The van der Waals surface area contributed by atoms with Crippen molar-refractivity contribution in [2.24, 2.45) is 5.11 Å². The molecule has 0 fully saturated rings. The van der Waals surface area contributed by atoms with Crippen LogP contribution in [-0.2, 0) is 0 Å². The van der Waals surface area contributed by atoms with Crippen molar-refractivity contribution in [2.45, 2.75) is 0 Å². The van der Waals surface area contributed by atoms with Gasteiger partial charge in [0, 0.05) is 33.6 Å². The fourth-order valence-electron chi connectivity index (χ4n) is 2.52. The van der Waals surface area contributed by atoms with E-state index < -0.39 is 11.9 Å². The van der Waals surface area contributed by atoms with Crippen LogP contribution in [0.5, 0.6) is 0 Å². The Balaban J connectivity index is 0.000000162. The fourth-order valence-corrected chi connectivity index (χ4v) is 2.52. The van der Waals surface area contributed by atoms with Crippen molar-refractivity contribution in [1.29, 1.82) is 0 Å². The van der Waals surface area contributed by atoms with Crippen LogP contribution >= 0.6 is 0 Å². The molecule has 0 unspecified atom stereocenters. The standard InChI is InChI=1S/C10H6N4O.C10H7NO2/c11-14-13-10(15)8-3-4-9-7(6-8)2-1-5-12-9;12-10(13)8-3-4-9-7(6-8)2-1-5-11-9/h1-6H;1-6H,(H,12,13). The Morgan fingerprint density at radius 3 is 1.93 bits per heavy atom. The maximum atomic E-state index is 11.2. The quantitative estimate of drug-likeness (QED) is 0.312. The van der Waals surface area contributed by atoms with Crippen LogP contribution in [0.25, 0.3) is 32.2 Å². The molecule has 0 atom stereocenters. The molecule has 2 aromatic carbocycles. The molecule has 0 aliphatic rings. The molecular formula is C20H13N5O3. The topological polar surface area (TPSA) is 129 Å². The van der Waals surface area contributed by atoms with Gasteiger partial charge in [-0.2, -0.15) is 0 Å². The maximum absolute atomic E-state index is 11.2. The van der Waals surface area contributed by atoms with Crippen molar-refractivity contribution in [3.8, 4) is 0 Å². The number of hydrogen-bond donors (Lipinski definition) is 1. The van der Waals surface area contributed by atoms with Crippen LogP contribution in [0.2, 0.25) is 0 Å². The molecule has 0 spiro atoms. The van der Waals surface area contributed by atoms with Crippen molar-refractivity contribution in [1.82, 2.24) is 9.97 Å². The van der Waals surface area contributed by atoms with E-state index in [9.17, 15) is 9.59 Å². The highest BCUT2D eigenvalue weighted by atomic mass is 16.4. The van der Waals surface area contributed by atoms with Gasteiger partial charge in [-0.25, -0.2) is 4.79 Å². The Bertz CT molecular complexity index is 1230. The number of carboxylic acids is 1. The molecule has 0 aliphatic heterocycles. The number of fused-ring (bicyclic) bond motifs is 2. The van der Waals surface area contributed by atoms with Crippen LogP contribution in [-0.4, -0.2) is 27.0 Å². The van der Waals surface area contributed by atoms with E-state index in [1.807, 2.05) is 12.1 Å². The van der Waals surface area contributed by atoms with E-state index in [2.05, 4.69) is 20.0 Å². The molecule has 1 N–H and O–H groups in total. The van der Waals surface area contributed by atoms with Crippen LogP contribution in [0.1, 0.15) is 20.7 Å². The smallest absolute Gasteiger partial charge is 0.335 e. The summed E-state index contributed by atoms with van der Waals surface area (Å²) < 4.78 is 0. The van der Waals surface area contributed by atoms with Crippen LogP contribution < -0.4 is 0 Å². The number of aromatic nitrogens is 2. The Kier molecular flexibility index (Phi) is 5.55. The third-order valence-electron chi connectivity index (χ3n) is 3.84. The van der Waals surface area contributed by atoms with Gasteiger partial charge in [-0.05, 0) is 59.2 Å². The lowest BCUT2D eigenvalue weighted by Gasteiger charge is -1.98. The molecule has 4 aromatic rings. The highest BCUT2D eigenvalue weighted by Gasteiger charge is 2.04. The summed E-state index contributed by atoms with van der Waals surface area (Å²) in [4.78, 5) is 32.5. The number of carbonyl (C=O) groups excluding carboxylic acids is 1. The minimum absolute atomic E-state index is 0.292. The molecule has 136 valence electrons. The highest BCUT2D eigenvalue weighted by molar-refractivity contribution is 5.98. The second-order valence-electron chi connectivity index (χ2n) is 5.62. The minimum atomic E-state index is -0.911. The Labute approximate surface area is 158 Å². The second-order valence-corrected chi connectivity index (χ2v) is 5.62. The van der Waals surface area contributed by atoms with E-state index in [4.69, 9.17) is 10.6 Å². The number of azide groups is 1. The molecule has 0 radical (unpaired) electrons. The summed E-state index contributed by atoms with van der Waals surface area (Å²) in [5.74, 6) is -1.49. The molecule has 0 bridgehead atoms. The second kappa shape index (κ2) is 8.39. The van der Waals surface area contributed by atoms with E-state index >= 15 is 0 Å². The number of pyridine rings is 2.